The van der Waals surface area contributed by atoms with Crippen molar-refractivity contribution in [2.45, 2.75) is 12.5 Å². The van der Waals surface area contributed by atoms with Crippen LogP contribution in [0, 0.1) is 0 Å². The van der Waals surface area contributed by atoms with E-state index in [0.29, 0.717) is 13.2 Å². The Morgan fingerprint density at radius 3 is 2.84 bits per heavy atom. The molecule has 0 saturated heterocycles. The normalized spacial score (nSPS) is 15.8. The third-order valence-electron chi connectivity index (χ3n) is 3.02. The molecular formula is C13H15N3O2S. The first kappa shape index (κ1) is 12.4. The van der Waals surface area contributed by atoms with Gasteiger partial charge in [0.05, 0.1) is 30.5 Å². The second kappa shape index (κ2) is 5.56. The fraction of sp³-hybridized carbons (Fsp3) is 0.308. The SMILES string of the molecule is NNC(c1ccc2c(c1)OCCCO2)c1cscn1. The van der Waals surface area contributed by atoms with Crippen LogP contribution >= 0.6 is 11.3 Å². The number of thiazole rings is 1. The van der Waals surface area contributed by atoms with Gasteiger partial charge in [-0.15, -0.1) is 11.3 Å². The highest BCUT2D eigenvalue weighted by molar-refractivity contribution is 7.07. The zero-order valence-corrected chi connectivity index (χ0v) is 11.2. The first-order valence-electron chi connectivity index (χ1n) is 6.12. The smallest absolute Gasteiger partial charge is 0.161 e. The molecule has 0 aliphatic carbocycles. The lowest BCUT2D eigenvalue weighted by Crippen LogP contribution is -2.29. The zero-order valence-electron chi connectivity index (χ0n) is 10.3. The molecule has 3 N–H and O–H groups in total. The summed E-state index contributed by atoms with van der Waals surface area (Å²) in [6.45, 7) is 1.37. The Morgan fingerprint density at radius 1 is 1.26 bits per heavy atom. The van der Waals surface area contributed by atoms with E-state index in [1.807, 2.05) is 23.6 Å². The molecule has 0 bridgehead atoms. The van der Waals surface area contributed by atoms with E-state index in [1.165, 1.54) is 0 Å². The van der Waals surface area contributed by atoms with Crippen molar-refractivity contribution in [3.05, 3.63) is 40.3 Å². The standard InChI is InChI=1S/C13H15N3O2S/c14-16-13(10-7-19-8-15-10)9-2-3-11-12(6-9)18-5-1-4-17-11/h2-3,6-8,13,16H,1,4-5,14H2. The summed E-state index contributed by atoms with van der Waals surface area (Å²) in [5.74, 6) is 7.20. The Morgan fingerprint density at radius 2 is 2.11 bits per heavy atom. The summed E-state index contributed by atoms with van der Waals surface area (Å²) in [4.78, 5) is 4.30. The average Bonchev–Trinajstić information content (AvgIpc) is 2.85. The van der Waals surface area contributed by atoms with Gasteiger partial charge in [0.25, 0.3) is 0 Å². The molecule has 5 nitrogen and oxygen atoms in total. The Hall–Kier alpha value is -1.63. The summed E-state index contributed by atoms with van der Waals surface area (Å²) in [6.07, 6.45) is 0.897. The molecule has 100 valence electrons. The van der Waals surface area contributed by atoms with E-state index in [2.05, 4.69) is 10.4 Å². The Labute approximate surface area is 115 Å². The molecular weight excluding hydrogens is 262 g/mol. The van der Waals surface area contributed by atoms with Gasteiger partial charge in [0.15, 0.2) is 11.5 Å². The Bertz CT molecular complexity index is 545. The van der Waals surface area contributed by atoms with Crippen LogP contribution in [0.1, 0.15) is 23.7 Å². The van der Waals surface area contributed by atoms with Gasteiger partial charge in [-0.2, -0.15) is 0 Å². The minimum atomic E-state index is -0.136. The summed E-state index contributed by atoms with van der Waals surface area (Å²) in [5.41, 5.74) is 6.50. The summed E-state index contributed by atoms with van der Waals surface area (Å²) in [6, 6.07) is 5.73. The quantitative estimate of drug-likeness (QED) is 0.662. The molecule has 19 heavy (non-hydrogen) atoms. The van der Waals surface area contributed by atoms with Crippen LogP contribution in [0.5, 0.6) is 11.5 Å². The molecule has 1 aromatic heterocycles. The summed E-state index contributed by atoms with van der Waals surface area (Å²) >= 11 is 1.55. The van der Waals surface area contributed by atoms with Crippen LogP contribution in [-0.4, -0.2) is 18.2 Å². The molecule has 1 unspecified atom stereocenters. The maximum Gasteiger partial charge on any atom is 0.161 e. The van der Waals surface area contributed by atoms with Crippen LogP contribution in [-0.2, 0) is 0 Å². The highest BCUT2D eigenvalue weighted by atomic mass is 32.1. The monoisotopic (exact) mass is 277 g/mol. The molecule has 0 radical (unpaired) electrons. The minimum Gasteiger partial charge on any atom is -0.490 e. The number of aromatic nitrogens is 1. The van der Waals surface area contributed by atoms with Crippen molar-refractivity contribution in [3.63, 3.8) is 0 Å². The lowest BCUT2D eigenvalue weighted by atomic mass is 10.0. The van der Waals surface area contributed by atoms with E-state index in [0.717, 1.165) is 29.2 Å². The second-order valence-corrected chi connectivity index (χ2v) is 4.99. The topological polar surface area (TPSA) is 69.4 Å². The van der Waals surface area contributed by atoms with E-state index >= 15 is 0 Å². The van der Waals surface area contributed by atoms with E-state index < -0.39 is 0 Å². The molecule has 0 fully saturated rings. The first-order chi connectivity index (χ1) is 9.38. The van der Waals surface area contributed by atoms with Crippen LogP contribution in [0.3, 0.4) is 0 Å². The third kappa shape index (κ3) is 2.56. The maximum atomic E-state index is 5.69. The predicted octanol–water partition coefficient (Wildman–Crippen LogP) is 1.86. The number of nitrogens with one attached hydrogen (secondary N) is 1. The molecule has 2 heterocycles. The summed E-state index contributed by atoms with van der Waals surface area (Å²) in [7, 11) is 0. The van der Waals surface area contributed by atoms with Gasteiger partial charge in [-0.3, -0.25) is 5.84 Å². The first-order valence-corrected chi connectivity index (χ1v) is 7.06. The Balaban J connectivity index is 1.94. The molecule has 6 heteroatoms. The number of fused-ring (bicyclic) bond motifs is 1. The molecule has 1 aromatic carbocycles. The second-order valence-electron chi connectivity index (χ2n) is 4.27. The Kier molecular flexibility index (Phi) is 3.63. The third-order valence-corrected chi connectivity index (χ3v) is 3.62. The number of hydrogen-bond donors (Lipinski definition) is 2. The number of benzene rings is 1. The molecule has 0 saturated carbocycles. The van der Waals surface area contributed by atoms with Crippen LogP contribution in [0.25, 0.3) is 0 Å². The van der Waals surface area contributed by atoms with Crippen molar-refractivity contribution in [1.29, 1.82) is 0 Å². The number of rotatable bonds is 3. The van der Waals surface area contributed by atoms with Gasteiger partial charge < -0.3 is 9.47 Å². The van der Waals surface area contributed by atoms with Crippen LogP contribution in [0.4, 0.5) is 0 Å². The van der Waals surface area contributed by atoms with Crippen molar-refractivity contribution in [2.24, 2.45) is 5.84 Å². The summed E-state index contributed by atoms with van der Waals surface area (Å²) in [5, 5.41) is 1.98. The molecule has 2 aromatic rings. The number of nitrogens with zero attached hydrogens (tertiary/aromatic N) is 1. The van der Waals surface area contributed by atoms with Crippen molar-refractivity contribution < 1.29 is 9.47 Å². The van der Waals surface area contributed by atoms with Crippen molar-refractivity contribution in [2.75, 3.05) is 13.2 Å². The highest BCUT2D eigenvalue weighted by Gasteiger charge is 2.18. The minimum absolute atomic E-state index is 0.136. The number of ether oxygens (including phenoxy) is 2. The molecule has 0 amide bonds. The van der Waals surface area contributed by atoms with Crippen molar-refractivity contribution >= 4 is 11.3 Å². The van der Waals surface area contributed by atoms with Gasteiger partial charge >= 0.3 is 0 Å². The van der Waals surface area contributed by atoms with Gasteiger partial charge in [0.1, 0.15) is 0 Å². The summed E-state index contributed by atoms with van der Waals surface area (Å²) < 4.78 is 11.3. The zero-order chi connectivity index (χ0) is 13.1. The van der Waals surface area contributed by atoms with E-state index in [4.69, 9.17) is 15.3 Å². The van der Waals surface area contributed by atoms with Crippen molar-refractivity contribution in [1.82, 2.24) is 10.4 Å². The van der Waals surface area contributed by atoms with Crippen LogP contribution in [0.15, 0.2) is 29.1 Å². The van der Waals surface area contributed by atoms with Crippen molar-refractivity contribution in [3.8, 4) is 11.5 Å². The predicted molar refractivity (Wildman–Crippen MR) is 73.3 cm³/mol. The van der Waals surface area contributed by atoms with E-state index in [9.17, 15) is 0 Å². The van der Waals surface area contributed by atoms with Gasteiger partial charge in [-0.1, -0.05) is 6.07 Å². The fourth-order valence-electron chi connectivity index (χ4n) is 2.08. The molecule has 1 atom stereocenters. The van der Waals surface area contributed by atoms with E-state index in [-0.39, 0.29) is 6.04 Å². The lowest BCUT2D eigenvalue weighted by Gasteiger charge is -2.16. The maximum absolute atomic E-state index is 5.69. The molecule has 0 spiro atoms. The van der Waals surface area contributed by atoms with Gasteiger partial charge in [0, 0.05) is 11.8 Å². The largest absolute Gasteiger partial charge is 0.490 e. The lowest BCUT2D eigenvalue weighted by molar-refractivity contribution is 0.297. The van der Waals surface area contributed by atoms with Gasteiger partial charge in [-0.25, -0.2) is 10.4 Å². The van der Waals surface area contributed by atoms with Crippen LogP contribution in [0.2, 0.25) is 0 Å². The highest BCUT2D eigenvalue weighted by Crippen LogP contribution is 2.33. The van der Waals surface area contributed by atoms with E-state index in [1.54, 1.807) is 16.8 Å². The average molecular weight is 277 g/mol. The number of hydrazine groups is 1. The molecule has 1 aliphatic rings. The molecule has 1 aliphatic heterocycles. The van der Waals surface area contributed by atoms with Gasteiger partial charge in [-0.05, 0) is 17.7 Å². The number of nitrogens with two attached hydrogens (primary N) is 1. The van der Waals surface area contributed by atoms with Crippen LogP contribution < -0.4 is 20.7 Å². The molecule has 3 rings (SSSR count). The van der Waals surface area contributed by atoms with Gasteiger partial charge in [0.2, 0.25) is 0 Å². The fourth-order valence-corrected chi connectivity index (χ4v) is 2.66. The number of hydrogen-bond acceptors (Lipinski definition) is 6.